The molecule has 0 fully saturated rings. The van der Waals surface area contributed by atoms with Crippen LogP contribution in [0, 0.1) is 5.82 Å². The van der Waals surface area contributed by atoms with Crippen LogP contribution in [0.25, 0.3) is 0 Å². The number of nitrogens with two attached hydrogens (primary N) is 1. The Morgan fingerprint density at radius 3 is 2.22 bits per heavy atom. The van der Waals surface area contributed by atoms with Gasteiger partial charge < -0.3 is 15.6 Å². The van der Waals surface area contributed by atoms with E-state index in [0.29, 0.717) is 6.07 Å². The number of halogens is 4. The van der Waals surface area contributed by atoms with Gasteiger partial charge in [-0.2, -0.15) is 13.2 Å². The predicted molar refractivity (Wildman–Crippen MR) is 56.6 cm³/mol. The number of hydrogen-bond donors (Lipinski definition) is 2. The lowest BCUT2D eigenvalue weighted by molar-refractivity contribution is -0.272. The maximum atomic E-state index is 13.4. The van der Waals surface area contributed by atoms with Crippen LogP contribution >= 0.6 is 0 Å². The van der Waals surface area contributed by atoms with Crippen LogP contribution in [0.4, 0.5) is 17.6 Å². The van der Waals surface area contributed by atoms with E-state index in [-0.39, 0.29) is 5.75 Å². The van der Waals surface area contributed by atoms with Gasteiger partial charge in [-0.05, 0) is 24.6 Å². The molecule has 0 bridgehead atoms. The summed E-state index contributed by atoms with van der Waals surface area (Å²) >= 11 is 0. The molecular formula is C11H13F4NO2. The molecule has 3 nitrogen and oxygen atoms in total. The fourth-order valence-corrected chi connectivity index (χ4v) is 1.59. The van der Waals surface area contributed by atoms with Gasteiger partial charge in [0.25, 0.3) is 0 Å². The van der Waals surface area contributed by atoms with Gasteiger partial charge in [-0.1, -0.05) is 6.07 Å². The first-order valence-corrected chi connectivity index (χ1v) is 5.03. The van der Waals surface area contributed by atoms with Gasteiger partial charge in [-0.25, -0.2) is 4.39 Å². The molecule has 7 heteroatoms. The topological polar surface area (TPSA) is 55.5 Å². The summed E-state index contributed by atoms with van der Waals surface area (Å²) in [6.07, 6.45) is -5.01. The number of rotatable bonds is 3. The van der Waals surface area contributed by atoms with E-state index >= 15 is 0 Å². The highest BCUT2D eigenvalue weighted by Gasteiger charge is 2.57. The number of hydrogen-bond acceptors (Lipinski definition) is 3. The fraction of sp³-hybridized carbons (Fsp3) is 0.455. The molecule has 0 heterocycles. The molecule has 2 atom stereocenters. The van der Waals surface area contributed by atoms with Crippen molar-refractivity contribution in [1.82, 2.24) is 0 Å². The van der Waals surface area contributed by atoms with Gasteiger partial charge in [0, 0.05) is 6.04 Å². The highest BCUT2D eigenvalue weighted by Crippen LogP contribution is 2.41. The average Bonchev–Trinajstić information content (AvgIpc) is 2.25. The Hall–Kier alpha value is -1.34. The highest BCUT2D eigenvalue weighted by atomic mass is 19.4. The first-order valence-electron chi connectivity index (χ1n) is 5.03. The summed E-state index contributed by atoms with van der Waals surface area (Å²) in [5.74, 6) is -1.22. The van der Waals surface area contributed by atoms with Crippen molar-refractivity contribution in [2.75, 3.05) is 7.11 Å². The summed E-state index contributed by atoms with van der Waals surface area (Å²) < 4.78 is 56.6. The zero-order valence-electron chi connectivity index (χ0n) is 9.75. The summed E-state index contributed by atoms with van der Waals surface area (Å²) in [5, 5.41) is 9.73. The highest BCUT2D eigenvalue weighted by molar-refractivity contribution is 5.34. The van der Waals surface area contributed by atoms with E-state index in [4.69, 9.17) is 5.73 Å². The Morgan fingerprint density at radius 1 is 1.33 bits per heavy atom. The van der Waals surface area contributed by atoms with Crippen molar-refractivity contribution in [3.63, 3.8) is 0 Å². The quantitative estimate of drug-likeness (QED) is 0.823. The number of benzene rings is 1. The molecule has 0 saturated carbocycles. The third-order valence-corrected chi connectivity index (χ3v) is 2.68. The van der Waals surface area contributed by atoms with Crippen LogP contribution in [0.2, 0.25) is 0 Å². The molecule has 1 rings (SSSR count). The molecule has 2 unspecified atom stereocenters. The third kappa shape index (κ3) is 2.28. The van der Waals surface area contributed by atoms with Gasteiger partial charge in [0.1, 0.15) is 0 Å². The lowest BCUT2D eigenvalue weighted by atomic mass is 9.87. The molecule has 1 aromatic rings. The van der Waals surface area contributed by atoms with Crippen LogP contribution in [0.1, 0.15) is 12.5 Å². The molecule has 0 aliphatic rings. The van der Waals surface area contributed by atoms with Crippen LogP contribution < -0.4 is 10.5 Å². The normalized spacial score (nSPS) is 17.1. The largest absolute Gasteiger partial charge is 0.494 e. The molecule has 0 saturated heterocycles. The number of ether oxygens (including phenoxy) is 1. The Bertz CT molecular complexity index is 434. The van der Waals surface area contributed by atoms with Crippen LogP contribution in [0.5, 0.6) is 5.75 Å². The van der Waals surface area contributed by atoms with E-state index in [1.165, 1.54) is 7.11 Å². The van der Waals surface area contributed by atoms with Crippen LogP contribution in [0.15, 0.2) is 18.2 Å². The Morgan fingerprint density at radius 2 is 1.89 bits per heavy atom. The van der Waals surface area contributed by atoms with Gasteiger partial charge in [-0.3, -0.25) is 0 Å². The van der Waals surface area contributed by atoms with Crippen LogP contribution in [0.3, 0.4) is 0 Å². The Kier molecular flexibility index (Phi) is 3.87. The summed E-state index contributed by atoms with van der Waals surface area (Å²) in [5.41, 5.74) is 1.22. The third-order valence-electron chi connectivity index (χ3n) is 2.68. The van der Waals surface area contributed by atoms with E-state index in [1.807, 2.05) is 0 Å². The summed E-state index contributed by atoms with van der Waals surface area (Å²) in [6.45, 7) is 0.996. The average molecular weight is 267 g/mol. The molecule has 0 spiro atoms. The standard InChI is InChI=1S/C11H13F4NO2/c1-6(16)10(17,11(13,14)15)7-3-4-9(18-2)8(12)5-7/h3-6,17H,16H2,1-2H3. The SMILES string of the molecule is COc1ccc(C(O)(C(C)N)C(F)(F)F)cc1F. The summed E-state index contributed by atoms with van der Waals surface area (Å²) in [4.78, 5) is 0. The lowest BCUT2D eigenvalue weighted by Gasteiger charge is -2.34. The smallest absolute Gasteiger partial charge is 0.422 e. The molecular weight excluding hydrogens is 254 g/mol. The van der Waals surface area contributed by atoms with Crippen molar-refractivity contribution in [2.24, 2.45) is 5.73 Å². The maximum Gasteiger partial charge on any atom is 0.422 e. The minimum atomic E-state index is -5.01. The van der Waals surface area contributed by atoms with Gasteiger partial charge in [0.15, 0.2) is 11.6 Å². The number of alkyl halides is 3. The van der Waals surface area contributed by atoms with Crippen LogP contribution in [-0.2, 0) is 5.60 Å². The van der Waals surface area contributed by atoms with Gasteiger partial charge >= 0.3 is 6.18 Å². The first-order chi connectivity index (χ1) is 8.14. The zero-order valence-corrected chi connectivity index (χ0v) is 9.75. The van der Waals surface area contributed by atoms with E-state index in [9.17, 15) is 22.7 Å². The second-order valence-electron chi connectivity index (χ2n) is 3.90. The Labute approximate surface area is 101 Å². The summed E-state index contributed by atoms with van der Waals surface area (Å²) in [6, 6.07) is 0.850. The number of aliphatic hydroxyl groups is 1. The van der Waals surface area contributed by atoms with E-state index < -0.39 is 29.2 Å². The van der Waals surface area contributed by atoms with Crippen molar-refractivity contribution < 1.29 is 27.4 Å². The van der Waals surface area contributed by atoms with Crippen molar-refractivity contribution in [3.05, 3.63) is 29.6 Å². The molecule has 0 amide bonds. The van der Waals surface area contributed by atoms with E-state index in [1.54, 1.807) is 0 Å². The fourth-order valence-electron chi connectivity index (χ4n) is 1.59. The predicted octanol–water partition coefficient (Wildman–Crippen LogP) is 1.93. The van der Waals surface area contributed by atoms with Gasteiger partial charge in [0.05, 0.1) is 7.11 Å². The monoisotopic (exact) mass is 267 g/mol. The van der Waals surface area contributed by atoms with E-state index in [2.05, 4.69) is 4.74 Å². The van der Waals surface area contributed by atoms with Gasteiger partial charge in [-0.15, -0.1) is 0 Å². The molecule has 0 aliphatic heterocycles. The second kappa shape index (κ2) is 4.74. The van der Waals surface area contributed by atoms with Crippen molar-refractivity contribution in [3.8, 4) is 5.75 Å². The second-order valence-corrected chi connectivity index (χ2v) is 3.90. The van der Waals surface area contributed by atoms with Crippen molar-refractivity contribution >= 4 is 0 Å². The van der Waals surface area contributed by atoms with Crippen molar-refractivity contribution in [2.45, 2.75) is 24.7 Å². The molecule has 102 valence electrons. The first kappa shape index (κ1) is 14.7. The molecule has 18 heavy (non-hydrogen) atoms. The zero-order chi connectivity index (χ0) is 14.1. The molecule has 3 N–H and O–H groups in total. The maximum absolute atomic E-state index is 13.4. The molecule has 0 aromatic heterocycles. The molecule has 0 aliphatic carbocycles. The van der Waals surface area contributed by atoms with Crippen molar-refractivity contribution in [1.29, 1.82) is 0 Å². The summed E-state index contributed by atoms with van der Waals surface area (Å²) in [7, 11) is 1.18. The Balaban J connectivity index is 3.37. The molecule has 1 aromatic carbocycles. The minimum Gasteiger partial charge on any atom is -0.494 e. The van der Waals surface area contributed by atoms with Gasteiger partial charge in [0.2, 0.25) is 5.60 Å². The number of methoxy groups -OCH3 is 1. The minimum absolute atomic E-state index is 0.215. The molecule has 0 radical (unpaired) electrons. The lowest BCUT2D eigenvalue weighted by Crippen LogP contribution is -2.54. The van der Waals surface area contributed by atoms with Crippen LogP contribution in [-0.4, -0.2) is 24.4 Å². The van der Waals surface area contributed by atoms with E-state index in [0.717, 1.165) is 19.1 Å².